The maximum absolute atomic E-state index is 15.2. The van der Waals surface area contributed by atoms with Gasteiger partial charge in [-0.2, -0.15) is 8.78 Å². The van der Waals surface area contributed by atoms with Gasteiger partial charge in [0.25, 0.3) is 0 Å². The first-order chi connectivity index (χ1) is 21.0. The van der Waals surface area contributed by atoms with Crippen LogP contribution in [-0.2, 0) is 15.6 Å². The van der Waals surface area contributed by atoms with Crippen LogP contribution in [0.5, 0.6) is 5.75 Å². The second-order valence-electron chi connectivity index (χ2n) is 10.5. The summed E-state index contributed by atoms with van der Waals surface area (Å²) in [4.78, 5) is 0. The smallest absolute Gasteiger partial charge is 0.429 e. The van der Waals surface area contributed by atoms with Gasteiger partial charge in [0.1, 0.15) is 28.8 Å². The van der Waals surface area contributed by atoms with Crippen LogP contribution in [0.2, 0.25) is 0 Å². The van der Waals surface area contributed by atoms with Crippen LogP contribution in [0.1, 0.15) is 43.6 Å². The molecule has 1 aliphatic rings. The van der Waals surface area contributed by atoms with Crippen LogP contribution < -0.4 is 4.74 Å². The summed E-state index contributed by atoms with van der Waals surface area (Å²) in [6.45, 7) is 3.32. The number of halogens is 8. The monoisotopic (exact) mass is 622 g/mol. The Labute approximate surface area is 248 Å². The van der Waals surface area contributed by atoms with Crippen LogP contribution in [-0.4, -0.2) is 13.2 Å². The Morgan fingerprint density at radius 1 is 0.705 bits per heavy atom. The molecule has 0 bridgehead atoms. The first-order valence-electron chi connectivity index (χ1n) is 13.8. The molecule has 0 atom stereocenters. The highest BCUT2D eigenvalue weighted by Crippen LogP contribution is 2.38. The van der Waals surface area contributed by atoms with Gasteiger partial charge in [0.15, 0.2) is 23.7 Å². The molecule has 4 aromatic carbocycles. The molecule has 4 aromatic rings. The van der Waals surface area contributed by atoms with E-state index in [2.05, 4.69) is 11.7 Å². The van der Waals surface area contributed by atoms with Gasteiger partial charge < -0.3 is 14.2 Å². The number of unbranched alkanes of at least 4 members (excludes halogenated alkanes) is 1. The summed E-state index contributed by atoms with van der Waals surface area (Å²) in [5, 5.41) is 0. The molecular weight excluding hydrogens is 596 g/mol. The third-order valence-corrected chi connectivity index (χ3v) is 7.27. The fourth-order valence-corrected chi connectivity index (χ4v) is 4.95. The zero-order chi connectivity index (χ0) is 31.6. The van der Waals surface area contributed by atoms with E-state index in [0.29, 0.717) is 42.4 Å². The lowest BCUT2D eigenvalue weighted by atomic mass is 9.97. The van der Waals surface area contributed by atoms with E-state index in [1.54, 1.807) is 24.3 Å². The Morgan fingerprint density at radius 3 is 1.84 bits per heavy atom. The van der Waals surface area contributed by atoms with Crippen molar-refractivity contribution >= 4 is 0 Å². The molecule has 0 saturated carbocycles. The van der Waals surface area contributed by atoms with E-state index in [1.807, 2.05) is 0 Å². The maximum Gasteiger partial charge on any atom is 0.432 e. The zero-order valence-corrected chi connectivity index (χ0v) is 23.3. The van der Waals surface area contributed by atoms with Crippen LogP contribution in [0.25, 0.3) is 22.3 Å². The lowest BCUT2D eigenvalue weighted by molar-refractivity contribution is -0.206. The molecule has 0 spiro atoms. The topological polar surface area (TPSA) is 27.7 Å². The molecule has 1 saturated heterocycles. The minimum atomic E-state index is -4.76. The number of hydrogen-bond donors (Lipinski definition) is 0. The van der Waals surface area contributed by atoms with Crippen molar-refractivity contribution in [2.45, 2.75) is 38.6 Å². The number of rotatable bonds is 9. The third kappa shape index (κ3) is 6.73. The first kappa shape index (κ1) is 31.5. The Morgan fingerprint density at radius 2 is 1.27 bits per heavy atom. The quantitative estimate of drug-likeness (QED) is 0.137. The summed E-state index contributed by atoms with van der Waals surface area (Å²) >= 11 is 0. The van der Waals surface area contributed by atoms with Crippen molar-refractivity contribution in [2.75, 3.05) is 13.2 Å². The molecule has 0 N–H and O–H groups in total. The van der Waals surface area contributed by atoms with Gasteiger partial charge in [-0.1, -0.05) is 56.2 Å². The average Bonchev–Trinajstić information content (AvgIpc) is 2.98. The molecule has 0 unspecified atom stereocenters. The summed E-state index contributed by atoms with van der Waals surface area (Å²) in [5.74, 6) is -11.0. The fraction of sp³-hybridized carbons (Fsp3) is 0.273. The van der Waals surface area contributed by atoms with Crippen LogP contribution in [0.4, 0.5) is 35.1 Å². The number of ether oxygens (including phenoxy) is 3. The van der Waals surface area contributed by atoms with Gasteiger partial charge in [0.2, 0.25) is 0 Å². The van der Waals surface area contributed by atoms with E-state index in [0.717, 1.165) is 30.9 Å². The molecule has 1 heterocycles. The highest BCUT2D eigenvalue weighted by molar-refractivity contribution is 5.71. The maximum atomic E-state index is 15.2. The highest BCUT2D eigenvalue weighted by atomic mass is 19.3. The van der Waals surface area contributed by atoms with Gasteiger partial charge in [0.05, 0.1) is 13.2 Å². The molecule has 44 heavy (non-hydrogen) atoms. The first-order valence-corrected chi connectivity index (χ1v) is 13.8. The van der Waals surface area contributed by atoms with Crippen LogP contribution in [0.15, 0.2) is 66.7 Å². The van der Waals surface area contributed by atoms with E-state index in [-0.39, 0.29) is 23.3 Å². The summed E-state index contributed by atoms with van der Waals surface area (Å²) < 4.78 is 130. The predicted molar refractivity (Wildman–Crippen MR) is 146 cm³/mol. The zero-order valence-electron chi connectivity index (χ0n) is 23.3. The molecule has 0 amide bonds. The van der Waals surface area contributed by atoms with E-state index in [1.165, 1.54) is 12.1 Å². The van der Waals surface area contributed by atoms with Crippen molar-refractivity contribution < 1.29 is 49.3 Å². The summed E-state index contributed by atoms with van der Waals surface area (Å²) in [6.07, 6.45) is -2.02. The molecule has 1 fully saturated rings. The minimum Gasteiger partial charge on any atom is -0.429 e. The Bertz CT molecular complexity index is 1590. The predicted octanol–water partition coefficient (Wildman–Crippen LogP) is 9.84. The van der Waals surface area contributed by atoms with E-state index in [4.69, 9.17) is 9.47 Å². The van der Waals surface area contributed by atoms with Crippen molar-refractivity contribution in [3.8, 4) is 28.0 Å². The molecule has 1 aliphatic heterocycles. The van der Waals surface area contributed by atoms with Crippen LogP contribution >= 0.6 is 0 Å². The second kappa shape index (κ2) is 13.0. The van der Waals surface area contributed by atoms with Gasteiger partial charge in [-0.15, -0.1) is 0 Å². The summed E-state index contributed by atoms with van der Waals surface area (Å²) in [7, 11) is 0. The number of hydrogen-bond acceptors (Lipinski definition) is 3. The Kier molecular flexibility index (Phi) is 9.26. The van der Waals surface area contributed by atoms with E-state index < -0.39 is 58.6 Å². The highest BCUT2D eigenvalue weighted by Gasteiger charge is 2.41. The van der Waals surface area contributed by atoms with Crippen molar-refractivity contribution in [1.82, 2.24) is 0 Å². The fourth-order valence-electron chi connectivity index (χ4n) is 4.95. The summed E-state index contributed by atoms with van der Waals surface area (Å²) in [6, 6.07) is 12.1. The van der Waals surface area contributed by atoms with Gasteiger partial charge in [-0.05, 0) is 41.3 Å². The van der Waals surface area contributed by atoms with Gasteiger partial charge in [-0.25, -0.2) is 26.3 Å². The van der Waals surface area contributed by atoms with Crippen molar-refractivity contribution in [3.63, 3.8) is 0 Å². The van der Waals surface area contributed by atoms with Crippen molar-refractivity contribution in [3.05, 3.63) is 113 Å². The molecule has 3 nitrogen and oxygen atoms in total. The third-order valence-electron chi connectivity index (χ3n) is 7.27. The van der Waals surface area contributed by atoms with E-state index in [9.17, 15) is 30.7 Å². The standard InChI is InChI=1S/C33H26F8O3/c1-2-3-4-18-16-42-32(43-17-18)20-7-5-19(6-8-20)21-9-10-24(25(34)11-21)22-12-26(35)30(27(36)13-22)33(40,41)44-23-14-28(37)31(39)29(38)15-23/h5-15,18,32H,2-4,16-17H2,1H3. The van der Waals surface area contributed by atoms with Crippen molar-refractivity contribution in [1.29, 1.82) is 0 Å². The normalized spacial score (nSPS) is 17.1. The molecule has 11 heteroatoms. The Balaban J connectivity index is 1.32. The van der Waals surface area contributed by atoms with Gasteiger partial charge >= 0.3 is 6.11 Å². The number of benzene rings is 4. The number of alkyl halides is 2. The van der Waals surface area contributed by atoms with Gasteiger partial charge in [-0.3, -0.25) is 0 Å². The van der Waals surface area contributed by atoms with Crippen molar-refractivity contribution in [2.24, 2.45) is 5.92 Å². The second-order valence-corrected chi connectivity index (χ2v) is 10.5. The molecule has 232 valence electrons. The SMILES string of the molecule is CCCCC1COC(c2ccc(-c3ccc(-c4cc(F)c(C(F)(F)Oc5cc(F)c(F)c(F)c5)c(F)c4)c(F)c3)cc2)OC1. The lowest BCUT2D eigenvalue weighted by Gasteiger charge is -2.29. The summed E-state index contributed by atoms with van der Waals surface area (Å²) in [5.41, 5.74) is -0.676. The molecule has 0 aliphatic carbocycles. The molecule has 0 radical (unpaired) electrons. The molecule has 0 aromatic heterocycles. The lowest BCUT2D eigenvalue weighted by Crippen LogP contribution is -2.27. The van der Waals surface area contributed by atoms with Gasteiger partial charge in [0, 0.05) is 29.2 Å². The van der Waals surface area contributed by atoms with Crippen LogP contribution in [0, 0.1) is 40.8 Å². The largest absolute Gasteiger partial charge is 0.432 e. The molecule has 5 rings (SSSR count). The molecular formula is C33H26F8O3. The Hall–Kier alpha value is -3.96. The minimum absolute atomic E-state index is 0.0993. The van der Waals surface area contributed by atoms with E-state index >= 15 is 4.39 Å². The average molecular weight is 623 g/mol. The van der Waals surface area contributed by atoms with Crippen LogP contribution in [0.3, 0.4) is 0 Å².